The van der Waals surface area contributed by atoms with E-state index in [4.69, 9.17) is 0 Å². The van der Waals surface area contributed by atoms with Crippen LogP contribution in [0.5, 0.6) is 0 Å². The number of anilines is 1. The summed E-state index contributed by atoms with van der Waals surface area (Å²) in [6.07, 6.45) is 0. The highest BCUT2D eigenvalue weighted by atomic mass is 16.2. The first kappa shape index (κ1) is 14.3. The predicted octanol–water partition coefficient (Wildman–Crippen LogP) is 4.90. The summed E-state index contributed by atoms with van der Waals surface area (Å²) in [5.41, 5.74) is 1.67. The van der Waals surface area contributed by atoms with Crippen molar-refractivity contribution in [1.82, 2.24) is 0 Å². The second kappa shape index (κ2) is 6.02. The van der Waals surface area contributed by atoms with E-state index in [0.717, 1.165) is 16.5 Å². The van der Waals surface area contributed by atoms with Crippen LogP contribution in [0, 0.1) is 0 Å². The van der Waals surface area contributed by atoms with E-state index in [0.29, 0.717) is 5.56 Å². The van der Waals surface area contributed by atoms with Crippen molar-refractivity contribution in [1.29, 1.82) is 0 Å². The minimum Gasteiger partial charge on any atom is -0.305 e. The molecule has 2 nitrogen and oxygen atoms in total. The molecule has 0 aromatic heterocycles. The summed E-state index contributed by atoms with van der Waals surface area (Å²) in [6.45, 7) is 4.09. The number of hydrogen-bond acceptors (Lipinski definition) is 1. The van der Waals surface area contributed by atoms with Gasteiger partial charge in [-0.25, -0.2) is 0 Å². The van der Waals surface area contributed by atoms with Crippen LogP contribution in [0.4, 0.5) is 5.69 Å². The van der Waals surface area contributed by atoms with Gasteiger partial charge in [-0.1, -0.05) is 54.6 Å². The van der Waals surface area contributed by atoms with Crippen molar-refractivity contribution in [3.05, 3.63) is 78.4 Å². The highest BCUT2D eigenvalue weighted by Crippen LogP contribution is 2.29. The topological polar surface area (TPSA) is 20.3 Å². The summed E-state index contributed by atoms with van der Waals surface area (Å²) in [7, 11) is 0. The van der Waals surface area contributed by atoms with E-state index in [1.165, 1.54) is 0 Å². The molecule has 3 rings (SSSR count). The normalized spacial score (nSPS) is 10.9. The first-order chi connectivity index (χ1) is 10.7. The van der Waals surface area contributed by atoms with E-state index in [2.05, 4.69) is 18.2 Å². The average molecular weight is 289 g/mol. The Morgan fingerprint density at radius 3 is 2.18 bits per heavy atom. The number of nitrogens with zero attached hydrogens (tertiary/aromatic N) is 1. The maximum atomic E-state index is 13.0. The number of carbonyl (C=O) groups is 1. The van der Waals surface area contributed by atoms with E-state index >= 15 is 0 Å². The first-order valence-corrected chi connectivity index (χ1v) is 7.55. The van der Waals surface area contributed by atoms with Crippen LogP contribution in [0.25, 0.3) is 10.8 Å². The number of benzene rings is 3. The second-order valence-corrected chi connectivity index (χ2v) is 5.63. The van der Waals surface area contributed by atoms with E-state index in [1.54, 1.807) is 0 Å². The summed E-state index contributed by atoms with van der Waals surface area (Å²) in [6, 6.07) is 23.8. The first-order valence-electron chi connectivity index (χ1n) is 7.55. The smallest absolute Gasteiger partial charge is 0.258 e. The summed E-state index contributed by atoms with van der Waals surface area (Å²) in [5, 5.41) is 2.24. The molecular weight excluding hydrogens is 270 g/mol. The Balaban J connectivity index is 2.13. The van der Waals surface area contributed by atoms with Crippen molar-refractivity contribution >= 4 is 22.4 Å². The lowest BCUT2D eigenvalue weighted by atomic mass is 10.1. The molecule has 0 saturated heterocycles. The van der Waals surface area contributed by atoms with Crippen molar-refractivity contribution in [2.45, 2.75) is 19.9 Å². The third-order valence-electron chi connectivity index (χ3n) is 3.78. The predicted molar refractivity (Wildman–Crippen MR) is 92.3 cm³/mol. The van der Waals surface area contributed by atoms with E-state index in [1.807, 2.05) is 73.3 Å². The molecule has 0 fully saturated rings. The third kappa shape index (κ3) is 2.60. The summed E-state index contributed by atoms with van der Waals surface area (Å²) < 4.78 is 0. The minimum absolute atomic E-state index is 0.0342. The summed E-state index contributed by atoms with van der Waals surface area (Å²) >= 11 is 0. The van der Waals surface area contributed by atoms with Gasteiger partial charge in [0.25, 0.3) is 5.91 Å². The zero-order valence-corrected chi connectivity index (χ0v) is 12.9. The van der Waals surface area contributed by atoms with Crippen LogP contribution in [-0.2, 0) is 0 Å². The summed E-state index contributed by atoms with van der Waals surface area (Å²) in [5.74, 6) is 0.0342. The highest BCUT2D eigenvalue weighted by Gasteiger charge is 2.21. The molecule has 0 aliphatic carbocycles. The maximum Gasteiger partial charge on any atom is 0.258 e. The van der Waals surface area contributed by atoms with Crippen molar-refractivity contribution in [3.8, 4) is 0 Å². The van der Waals surface area contributed by atoms with Crippen LogP contribution in [0.1, 0.15) is 24.2 Å². The number of fused-ring (bicyclic) bond motifs is 1. The lowest BCUT2D eigenvalue weighted by Gasteiger charge is -2.28. The van der Waals surface area contributed by atoms with Gasteiger partial charge in [0.15, 0.2) is 0 Å². The van der Waals surface area contributed by atoms with E-state index in [-0.39, 0.29) is 11.9 Å². The quantitative estimate of drug-likeness (QED) is 0.672. The fourth-order valence-electron chi connectivity index (χ4n) is 2.76. The van der Waals surface area contributed by atoms with E-state index < -0.39 is 0 Å². The molecule has 3 aromatic carbocycles. The van der Waals surface area contributed by atoms with Crippen LogP contribution >= 0.6 is 0 Å². The lowest BCUT2D eigenvalue weighted by Crippen LogP contribution is -2.37. The molecule has 0 N–H and O–H groups in total. The number of rotatable bonds is 3. The van der Waals surface area contributed by atoms with Crippen LogP contribution in [-0.4, -0.2) is 11.9 Å². The molecule has 0 spiro atoms. The molecule has 2 heteroatoms. The standard InChI is InChI=1S/C20H19NO/c1-15(2)21(20(22)17-10-4-3-5-11-17)19-14-8-12-16-9-6-7-13-18(16)19/h3-15H,1-2H3. The lowest BCUT2D eigenvalue weighted by molar-refractivity contribution is 0.0980. The molecule has 0 saturated carbocycles. The Labute approximate surface area is 131 Å². The Hall–Kier alpha value is -2.61. The van der Waals surface area contributed by atoms with Gasteiger partial charge in [-0.15, -0.1) is 0 Å². The SMILES string of the molecule is CC(C)N(C(=O)c1ccccc1)c1cccc2ccccc12. The molecule has 110 valence electrons. The van der Waals surface area contributed by atoms with Crippen molar-refractivity contribution in [2.75, 3.05) is 4.90 Å². The number of hydrogen-bond donors (Lipinski definition) is 0. The zero-order valence-electron chi connectivity index (χ0n) is 12.9. The summed E-state index contributed by atoms with van der Waals surface area (Å²) in [4.78, 5) is 14.8. The van der Waals surface area contributed by atoms with Gasteiger partial charge in [-0.05, 0) is 37.4 Å². The van der Waals surface area contributed by atoms with Crippen LogP contribution < -0.4 is 4.90 Å². The van der Waals surface area contributed by atoms with Gasteiger partial charge in [0.1, 0.15) is 0 Å². The molecule has 0 radical (unpaired) electrons. The Bertz CT molecular complexity index is 788. The van der Waals surface area contributed by atoms with E-state index in [9.17, 15) is 4.79 Å². The van der Waals surface area contributed by atoms with Crippen LogP contribution in [0.2, 0.25) is 0 Å². The van der Waals surface area contributed by atoms with Crippen molar-refractivity contribution < 1.29 is 4.79 Å². The second-order valence-electron chi connectivity index (χ2n) is 5.63. The molecule has 3 aromatic rings. The van der Waals surface area contributed by atoms with Crippen LogP contribution in [0.15, 0.2) is 72.8 Å². The molecular formula is C20H19NO. The molecule has 22 heavy (non-hydrogen) atoms. The largest absolute Gasteiger partial charge is 0.305 e. The monoisotopic (exact) mass is 289 g/mol. The number of amides is 1. The molecule has 0 aliphatic heterocycles. The molecule has 0 heterocycles. The van der Waals surface area contributed by atoms with Gasteiger partial charge < -0.3 is 4.90 Å². The minimum atomic E-state index is 0.0342. The fraction of sp³-hybridized carbons (Fsp3) is 0.150. The third-order valence-corrected chi connectivity index (χ3v) is 3.78. The van der Waals surface area contributed by atoms with Gasteiger partial charge in [0.2, 0.25) is 0 Å². The van der Waals surface area contributed by atoms with Gasteiger partial charge in [-0.2, -0.15) is 0 Å². The van der Waals surface area contributed by atoms with Gasteiger partial charge in [0, 0.05) is 17.0 Å². The number of carbonyl (C=O) groups excluding carboxylic acids is 1. The van der Waals surface area contributed by atoms with Crippen molar-refractivity contribution in [2.24, 2.45) is 0 Å². The Morgan fingerprint density at radius 1 is 0.818 bits per heavy atom. The average Bonchev–Trinajstić information content (AvgIpc) is 2.56. The fourth-order valence-corrected chi connectivity index (χ4v) is 2.76. The zero-order chi connectivity index (χ0) is 15.5. The van der Waals surface area contributed by atoms with Crippen molar-refractivity contribution in [3.63, 3.8) is 0 Å². The molecule has 0 unspecified atom stereocenters. The molecule has 0 atom stereocenters. The molecule has 1 amide bonds. The maximum absolute atomic E-state index is 13.0. The van der Waals surface area contributed by atoms with Crippen LogP contribution in [0.3, 0.4) is 0 Å². The Kier molecular flexibility index (Phi) is 3.92. The van der Waals surface area contributed by atoms with Gasteiger partial charge >= 0.3 is 0 Å². The highest BCUT2D eigenvalue weighted by molar-refractivity contribution is 6.11. The van der Waals surface area contributed by atoms with Gasteiger partial charge in [0.05, 0.1) is 5.69 Å². The Morgan fingerprint density at radius 2 is 1.45 bits per heavy atom. The molecule has 0 bridgehead atoms. The van der Waals surface area contributed by atoms with Gasteiger partial charge in [-0.3, -0.25) is 4.79 Å². The molecule has 0 aliphatic rings.